The van der Waals surface area contributed by atoms with Crippen LogP contribution in [0.25, 0.3) is 0 Å². The summed E-state index contributed by atoms with van der Waals surface area (Å²) < 4.78 is 1.31. The summed E-state index contributed by atoms with van der Waals surface area (Å²) in [6.07, 6.45) is 2.29. The number of hydrogen-bond donors (Lipinski definition) is 1. The van der Waals surface area contributed by atoms with Gasteiger partial charge in [0.05, 0.1) is 0 Å². The minimum absolute atomic E-state index is 0.286. The molecule has 0 bridgehead atoms. The van der Waals surface area contributed by atoms with Crippen LogP contribution in [0.2, 0.25) is 0 Å². The van der Waals surface area contributed by atoms with Crippen LogP contribution >= 0.6 is 22.6 Å². The molecule has 0 aromatic heterocycles. The molecule has 12 heavy (non-hydrogen) atoms. The maximum absolute atomic E-state index is 5.98. The molecule has 1 aromatic rings. The maximum Gasteiger partial charge on any atom is 0.0301 e. The van der Waals surface area contributed by atoms with Gasteiger partial charge in [-0.15, -0.1) is 0 Å². The largest absolute Gasteiger partial charge is 0.324 e. The fraction of sp³-hybridized carbons (Fsp3) is 0.400. The van der Waals surface area contributed by atoms with Gasteiger partial charge in [0.1, 0.15) is 0 Å². The van der Waals surface area contributed by atoms with Crippen molar-refractivity contribution < 1.29 is 0 Å². The van der Waals surface area contributed by atoms with Gasteiger partial charge in [0.25, 0.3) is 0 Å². The molecule has 0 aliphatic heterocycles. The van der Waals surface area contributed by atoms with Crippen molar-refractivity contribution in [3.8, 4) is 0 Å². The summed E-state index contributed by atoms with van der Waals surface area (Å²) in [7, 11) is 0. The van der Waals surface area contributed by atoms with Crippen molar-refractivity contribution in [1.82, 2.24) is 0 Å². The van der Waals surface area contributed by atoms with E-state index in [0.29, 0.717) is 0 Å². The molecule has 1 atom stereocenters. The lowest BCUT2D eigenvalue weighted by atomic mass is 10.0. The van der Waals surface area contributed by atoms with Crippen LogP contribution < -0.4 is 5.73 Å². The van der Waals surface area contributed by atoms with Gasteiger partial charge in [0, 0.05) is 9.61 Å². The summed E-state index contributed by atoms with van der Waals surface area (Å²) in [6.45, 7) is 2.18. The van der Waals surface area contributed by atoms with Gasteiger partial charge in [-0.25, -0.2) is 0 Å². The van der Waals surface area contributed by atoms with Crippen molar-refractivity contribution >= 4 is 22.6 Å². The van der Waals surface area contributed by atoms with Crippen molar-refractivity contribution in [2.24, 2.45) is 5.73 Å². The number of fused-ring (bicyclic) bond motifs is 1. The summed E-state index contributed by atoms with van der Waals surface area (Å²) in [4.78, 5) is 0. The molecule has 1 aromatic carbocycles. The van der Waals surface area contributed by atoms with Crippen molar-refractivity contribution in [3.05, 3.63) is 32.4 Å². The lowest BCUT2D eigenvalue weighted by Crippen LogP contribution is -2.05. The Morgan fingerprint density at radius 3 is 3.00 bits per heavy atom. The molecule has 0 fully saturated rings. The Kier molecular flexibility index (Phi) is 2.12. The molecule has 0 spiro atoms. The van der Waals surface area contributed by atoms with E-state index in [0.717, 1.165) is 6.42 Å². The first-order valence-corrected chi connectivity index (χ1v) is 5.31. The first kappa shape index (κ1) is 8.51. The monoisotopic (exact) mass is 273 g/mol. The summed E-state index contributed by atoms with van der Waals surface area (Å²) in [6, 6.07) is 4.74. The molecule has 1 unspecified atom stereocenters. The molecular formula is C10H12IN. The molecule has 1 aliphatic carbocycles. The molecule has 2 heteroatoms. The maximum atomic E-state index is 5.98. The Balaban J connectivity index is 2.60. The normalized spacial score (nSPS) is 21.1. The number of nitrogens with two attached hydrogens (primary N) is 1. The summed E-state index contributed by atoms with van der Waals surface area (Å²) in [5.74, 6) is 0. The van der Waals surface area contributed by atoms with E-state index in [1.807, 2.05) is 0 Å². The second-order valence-electron chi connectivity index (χ2n) is 3.44. The van der Waals surface area contributed by atoms with Crippen LogP contribution in [0.3, 0.4) is 0 Å². The van der Waals surface area contributed by atoms with Crippen LogP contribution in [0.1, 0.15) is 29.2 Å². The van der Waals surface area contributed by atoms with E-state index in [1.54, 1.807) is 0 Å². The Labute approximate surface area is 86.5 Å². The SMILES string of the molecule is Cc1cc(I)cc2c1CCC2N. The minimum Gasteiger partial charge on any atom is -0.324 e. The lowest BCUT2D eigenvalue weighted by molar-refractivity contribution is 0.713. The van der Waals surface area contributed by atoms with E-state index in [9.17, 15) is 0 Å². The van der Waals surface area contributed by atoms with E-state index in [2.05, 4.69) is 41.6 Å². The van der Waals surface area contributed by atoms with E-state index < -0.39 is 0 Å². The average Bonchev–Trinajstić information content (AvgIpc) is 2.33. The van der Waals surface area contributed by atoms with Crippen molar-refractivity contribution in [3.63, 3.8) is 0 Å². The van der Waals surface area contributed by atoms with E-state index in [4.69, 9.17) is 5.73 Å². The standard InChI is InChI=1S/C10H12IN/c1-6-4-7(11)5-9-8(6)2-3-10(9)12/h4-5,10H,2-3,12H2,1H3. The van der Waals surface area contributed by atoms with Crippen molar-refractivity contribution in [2.45, 2.75) is 25.8 Å². The van der Waals surface area contributed by atoms with Crippen LogP contribution in [0.4, 0.5) is 0 Å². The third-order valence-electron chi connectivity index (χ3n) is 2.58. The van der Waals surface area contributed by atoms with Gasteiger partial charge >= 0.3 is 0 Å². The highest BCUT2D eigenvalue weighted by Crippen LogP contribution is 2.32. The Morgan fingerprint density at radius 2 is 2.25 bits per heavy atom. The van der Waals surface area contributed by atoms with E-state index >= 15 is 0 Å². The zero-order valence-corrected chi connectivity index (χ0v) is 9.26. The van der Waals surface area contributed by atoms with Gasteiger partial charge in [0.15, 0.2) is 0 Å². The molecule has 0 amide bonds. The van der Waals surface area contributed by atoms with Crippen LogP contribution in [-0.4, -0.2) is 0 Å². The number of hydrogen-bond acceptors (Lipinski definition) is 1. The van der Waals surface area contributed by atoms with Crippen molar-refractivity contribution in [1.29, 1.82) is 0 Å². The number of benzene rings is 1. The van der Waals surface area contributed by atoms with Crippen LogP contribution in [0.5, 0.6) is 0 Å². The van der Waals surface area contributed by atoms with Crippen LogP contribution in [0.15, 0.2) is 12.1 Å². The van der Waals surface area contributed by atoms with Crippen LogP contribution in [0, 0.1) is 10.5 Å². The summed E-state index contributed by atoms with van der Waals surface area (Å²) >= 11 is 2.35. The van der Waals surface area contributed by atoms with Gasteiger partial charge in [-0.05, 0) is 71.2 Å². The highest BCUT2D eigenvalue weighted by Gasteiger charge is 2.20. The quantitative estimate of drug-likeness (QED) is 0.722. The highest BCUT2D eigenvalue weighted by molar-refractivity contribution is 14.1. The second kappa shape index (κ2) is 3.00. The predicted molar refractivity (Wildman–Crippen MR) is 59.1 cm³/mol. The lowest BCUT2D eigenvalue weighted by Gasteiger charge is -2.07. The third kappa shape index (κ3) is 1.27. The fourth-order valence-corrected chi connectivity index (χ4v) is 2.73. The second-order valence-corrected chi connectivity index (χ2v) is 4.68. The van der Waals surface area contributed by atoms with E-state index in [1.165, 1.54) is 26.7 Å². The Hall–Kier alpha value is -0.0900. The molecule has 64 valence electrons. The summed E-state index contributed by atoms with van der Waals surface area (Å²) in [5.41, 5.74) is 10.3. The number of halogens is 1. The topological polar surface area (TPSA) is 26.0 Å². The summed E-state index contributed by atoms with van der Waals surface area (Å²) in [5, 5.41) is 0. The zero-order chi connectivity index (χ0) is 8.72. The molecule has 2 N–H and O–H groups in total. The van der Waals surface area contributed by atoms with E-state index in [-0.39, 0.29) is 6.04 Å². The smallest absolute Gasteiger partial charge is 0.0301 e. The Bertz CT molecular complexity index is 320. The molecular weight excluding hydrogens is 261 g/mol. The first-order valence-electron chi connectivity index (χ1n) is 4.23. The molecule has 0 saturated carbocycles. The molecule has 1 nitrogen and oxygen atoms in total. The fourth-order valence-electron chi connectivity index (χ4n) is 1.93. The van der Waals surface area contributed by atoms with Gasteiger partial charge in [-0.3, -0.25) is 0 Å². The molecule has 0 saturated heterocycles. The van der Waals surface area contributed by atoms with Gasteiger partial charge in [-0.2, -0.15) is 0 Å². The van der Waals surface area contributed by atoms with Gasteiger partial charge < -0.3 is 5.73 Å². The number of rotatable bonds is 0. The third-order valence-corrected chi connectivity index (χ3v) is 3.20. The van der Waals surface area contributed by atoms with Gasteiger partial charge in [-0.1, -0.05) is 0 Å². The van der Waals surface area contributed by atoms with Gasteiger partial charge in [0.2, 0.25) is 0 Å². The average molecular weight is 273 g/mol. The molecule has 1 aliphatic rings. The van der Waals surface area contributed by atoms with Crippen molar-refractivity contribution in [2.75, 3.05) is 0 Å². The molecule has 0 heterocycles. The highest BCUT2D eigenvalue weighted by atomic mass is 127. The molecule has 0 radical (unpaired) electrons. The number of aryl methyl sites for hydroxylation is 1. The van der Waals surface area contributed by atoms with Crippen LogP contribution in [-0.2, 0) is 6.42 Å². The predicted octanol–water partition coefficient (Wildman–Crippen LogP) is 2.55. The minimum atomic E-state index is 0.286. The molecule has 2 rings (SSSR count). The zero-order valence-electron chi connectivity index (χ0n) is 7.10. The Morgan fingerprint density at radius 1 is 1.50 bits per heavy atom. The first-order chi connectivity index (χ1) is 5.68.